The maximum absolute atomic E-state index is 3.43. The lowest BCUT2D eigenvalue weighted by Crippen LogP contribution is -2.42. The first-order valence-corrected chi connectivity index (χ1v) is 5.40. The SMILES string of the molecule is Brc1c[nH]c(CN2CCNCC2)c1. The molecule has 1 aliphatic rings. The van der Waals surface area contributed by atoms with E-state index in [1.54, 1.807) is 0 Å². The highest BCUT2D eigenvalue weighted by molar-refractivity contribution is 9.10. The number of H-pyrrole nitrogens is 1. The number of halogens is 1. The first kappa shape index (κ1) is 9.24. The van der Waals surface area contributed by atoms with Crippen LogP contribution in [0, 0.1) is 0 Å². The molecular weight excluding hydrogens is 230 g/mol. The van der Waals surface area contributed by atoms with Gasteiger partial charge in [0.25, 0.3) is 0 Å². The fourth-order valence-corrected chi connectivity index (χ4v) is 2.00. The fraction of sp³-hybridized carbons (Fsp3) is 0.556. The summed E-state index contributed by atoms with van der Waals surface area (Å²) >= 11 is 3.43. The van der Waals surface area contributed by atoms with Gasteiger partial charge in [0.05, 0.1) is 0 Å². The Morgan fingerprint density at radius 1 is 1.38 bits per heavy atom. The lowest BCUT2D eigenvalue weighted by atomic mass is 10.3. The molecule has 1 aliphatic heterocycles. The van der Waals surface area contributed by atoms with Gasteiger partial charge in [-0.3, -0.25) is 4.90 Å². The van der Waals surface area contributed by atoms with Gasteiger partial charge >= 0.3 is 0 Å². The van der Waals surface area contributed by atoms with Crippen molar-refractivity contribution in [2.45, 2.75) is 6.54 Å². The predicted octanol–water partition coefficient (Wildman–Crippen LogP) is 1.18. The summed E-state index contributed by atoms with van der Waals surface area (Å²) in [7, 11) is 0. The molecule has 0 saturated carbocycles. The summed E-state index contributed by atoms with van der Waals surface area (Å²) < 4.78 is 1.14. The van der Waals surface area contributed by atoms with Crippen LogP contribution in [0.1, 0.15) is 5.69 Å². The number of piperazine rings is 1. The van der Waals surface area contributed by atoms with Crippen molar-refractivity contribution in [3.05, 3.63) is 22.4 Å². The Balaban J connectivity index is 1.89. The Morgan fingerprint density at radius 2 is 2.15 bits per heavy atom. The largest absolute Gasteiger partial charge is 0.363 e. The summed E-state index contributed by atoms with van der Waals surface area (Å²) in [6.45, 7) is 5.56. The van der Waals surface area contributed by atoms with Crippen molar-refractivity contribution in [2.75, 3.05) is 26.2 Å². The van der Waals surface area contributed by atoms with Crippen LogP contribution >= 0.6 is 15.9 Å². The van der Waals surface area contributed by atoms with Gasteiger partial charge in [0.1, 0.15) is 0 Å². The van der Waals surface area contributed by atoms with E-state index >= 15 is 0 Å². The molecular formula is C9H14BrN3. The monoisotopic (exact) mass is 243 g/mol. The van der Waals surface area contributed by atoms with Crippen LogP contribution in [0.3, 0.4) is 0 Å². The molecule has 2 N–H and O–H groups in total. The fourth-order valence-electron chi connectivity index (χ4n) is 1.61. The molecule has 0 aromatic carbocycles. The van der Waals surface area contributed by atoms with E-state index < -0.39 is 0 Å². The number of nitrogens with one attached hydrogen (secondary N) is 2. The molecule has 4 heteroatoms. The normalized spacial score (nSPS) is 19.2. The molecule has 2 heterocycles. The van der Waals surface area contributed by atoms with E-state index in [-0.39, 0.29) is 0 Å². The highest BCUT2D eigenvalue weighted by Crippen LogP contribution is 2.12. The first-order valence-electron chi connectivity index (χ1n) is 4.60. The molecule has 1 saturated heterocycles. The first-order chi connectivity index (χ1) is 6.34. The van der Waals surface area contributed by atoms with Crippen molar-refractivity contribution in [2.24, 2.45) is 0 Å². The van der Waals surface area contributed by atoms with Crippen molar-refractivity contribution in [3.8, 4) is 0 Å². The van der Waals surface area contributed by atoms with Crippen LogP contribution in [-0.4, -0.2) is 36.1 Å². The van der Waals surface area contributed by atoms with Gasteiger partial charge in [-0.15, -0.1) is 0 Å². The Morgan fingerprint density at radius 3 is 2.77 bits per heavy atom. The minimum absolute atomic E-state index is 1.04. The second kappa shape index (κ2) is 4.26. The average molecular weight is 244 g/mol. The average Bonchev–Trinajstić information content (AvgIpc) is 2.53. The van der Waals surface area contributed by atoms with Gasteiger partial charge in [0.2, 0.25) is 0 Å². The maximum Gasteiger partial charge on any atom is 0.0386 e. The third-order valence-corrected chi connectivity index (χ3v) is 2.77. The van der Waals surface area contributed by atoms with Gasteiger partial charge in [0, 0.05) is 49.1 Å². The number of aromatic amines is 1. The highest BCUT2D eigenvalue weighted by Gasteiger charge is 2.10. The van der Waals surface area contributed by atoms with Crippen LogP contribution in [0.5, 0.6) is 0 Å². The molecule has 0 radical (unpaired) electrons. The van der Waals surface area contributed by atoms with E-state index in [0.717, 1.165) is 37.2 Å². The zero-order chi connectivity index (χ0) is 9.10. The van der Waals surface area contributed by atoms with Crippen molar-refractivity contribution in [3.63, 3.8) is 0 Å². The topological polar surface area (TPSA) is 31.1 Å². The molecule has 72 valence electrons. The van der Waals surface area contributed by atoms with Gasteiger partial charge < -0.3 is 10.3 Å². The molecule has 0 unspecified atom stereocenters. The Kier molecular flexibility index (Phi) is 3.03. The lowest BCUT2D eigenvalue weighted by Gasteiger charge is -2.26. The van der Waals surface area contributed by atoms with Crippen molar-refractivity contribution in [1.82, 2.24) is 15.2 Å². The molecule has 0 amide bonds. The third kappa shape index (κ3) is 2.56. The number of rotatable bonds is 2. The van der Waals surface area contributed by atoms with Crippen LogP contribution < -0.4 is 5.32 Å². The minimum atomic E-state index is 1.04. The lowest BCUT2D eigenvalue weighted by molar-refractivity contribution is 0.231. The van der Waals surface area contributed by atoms with E-state index in [2.05, 4.69) is 37.2 Å². The highest BCUT2D eigenvalue weighted by atomic mass is 79.9. The van der Waals surface area contributed by atoms with Crippen LogP contribution in [0.2, 0.25) is 0 Å². The zero-order valence-electron chi connectivity index (χ0n) is 7.52. The van der Waals surface area contributed by atoms with Crippen LogP contribution in [0.25, 0.3) is 0 Å². The summed E-state index contributed by atoms with van der Waals surface area (Å²) in [5.41, 5.74) is 1.29. The molecule has 0 spiro atoms. The molecule has 3 nitrogen and oxygen atoms in total. The second-order valence-electron chi connectivity index (χ2n) is 3.37. The number of aromatic nitrogens is 1. The number of hydrogen-bond donors (Lipinski definition) is 2. The summed E-state index contributed by atoms with van der Waals surface area (Å²) in [5, 5.41) is 3.34. The Bertz CT molecular complexity index is 266. The van der Waals surface area contributed by atoms with E-state index in [1.165, 1.54) is 5.69 Å². The smallest absolute Gasteiger partial charge is 0.0386 e. The van der Waals surface area contributed by atoms with Gasteiger partial charge in [-0.25, -0.2) is 0 Å². The third-order valence-electron chi connectivity index (χ3n) is 2.31. The van der Waals surface area contributed by atoms with Gasteiger partial charge in [0.15, 0.2) is 0 Å². The quantitative estimate of drug-likeness (QED) is 0.818. The minimum Gasteiger partial charge on any atom is -0.363 e. The Hall–Kier alpha value is -0.320. The standard InChI is InChI=1S/C9H14BrN3/c10-8-5-9(12-6-8)7-13-3-1-11-2-4-13/h5-6,11-12H,1-4,7H2. The van der Waals surface area contributed by atoms with Gasteiger partial charge in [-0.2, -0.15) is 0 Å². The molecule has 0 aliphatic carbocycles. The van der Waals surface area contributed by atoms with E-state index in [1.807, 2.05) is 6.20 Å². The summed E-state index contributed by atoms with van der Waals surface area (Å²) in [4.78, 5) is 5.70. The van der Waals surface area contributed by atoms with Gasteiger partial charge in [-0.1, -0.05) is 0 Å². The molecule has 0 atom stereocenters. The molecule has 0 bridgehead atoms. The van der Waals surface area contributed by atoms with E-state index in [4.69, 9.17) is 0 Å². The van der Waals surface area contributed by atoms with Crippen LogP contribution in [0.4, 0.5) is 0 Å². The zero-order valence-corrected chi connectivity index (χ0v) is 9.10. The number of nitrogens with zero attached hydrogens (tertiary/aromatic N) is 1. The molecule has 1 aromatic rings. The maximum atomic E-state index is 3.43. The molecule has 13 heavy (non-hydrogen) atoms. The Labute approximate surface area is 86.6 Å². The summed E-state index contributed by atoms with van der Waals surface area (Å²) in [6.07, 6.45) is 1.98. The molecule has 1 fully saturated rings. The van der Waals surface area contributed by atoms with Crippen molar-refractivity contribution in [1.29, 1.82) is 0 Å². The van der Waals surface area contributed by atoms with E-state index in [9.17, 15) is 0 Å². The molecule has 2 rings (SSSR count). The summed E-state index contributed by atoms with van der Waals surface area (Å²) in [6, 6.07) is 2.14. The van der Waals surface area contributed by atoms with Crippen molar-refractivity contribution < 1.29 is 0 Å². The number of hydrogen-bond acceptors (Lipinski definition) is 2. The van der Waals surface area contributed by atoms with Crippen LogP contribution in [0.15, 0.2) is 16.7 Å². The van der Waals surface area contributed by atoms with E-state index in [0.29, 0.717) is 0 Å². The second-order valence-corrected chi connectivity index (χ2v) is 4.28. The van der Waals surface area contributed by atoms with Crippen LogP contribution in [-0.2, 0) is 6.54 Å². The summed E-state index contributed by atoms with van der Waals surface area (Å²) in [5.74, 6) is 0. The molecule has 1 aromatic heterocycles. The predicted molar refractivity (Wildman–Crippen MR) is 56.6 cm³/mol. The van der Waals surface area contributed by atoms with Crippen molar-refractivity contribution >= 4 is 15.9 Å². The van der Waals surface area contributed by atoms with Gasteiger partial charge in [-0.05, 0) is 22.0 Å².